The molecule has 2 aromatic carbocycles. The van der Waals surface area contributed by atoms with Crippen LogP contribution in [0, 0.1) is 0 Å². The Bertz CT molecular complexity index is 1150. The standard InChI is InChI=1S/C24H21F3N2/c1-23(2,3)19-11-9-16(10-12-19)18-13-20(24(25,26)27)22-28-14-21(29(22)15-18)17-7-5-4-6-8-17/h4-15H,1-3H3. The van der Waals surface area contributed by atoms with Gasteiger partial charge in [0.05, 0.1) is 17.5 Å². The van der Waals surface area contributed by atoms with Crippen LogP contribution >= 0.6 is 0 Å². The molecule has 0 aliphatic carbocycles. The zero-order valence-corrected chi connectivity index (χ0v) is 16.5. The Balaban J connectivity index is 1.93. The van der Waals surface area contributed by atoms with Gasteiger partial charge < -0.3 is 0 Å². The Hall–Kier alpha value is -3.08. The van der Waals surface area contributed by atoms with E-state index in [-0.39, 0.29) is 11.1 Å². The predicted molar refractivity (Wildman–Crippen MR) is 110 cm³/mol. The molecule has 0 aliphatic rings. The van der Waals surface area contributed by atoms with Crippen molar-refractivity contribution in [3.8, 4) is 22.4 Å². The summed E-state index contributed by atoms with van der Waals surface area (Å²) in [5.74, 6) is 0. The van der Waals surface area contributed by atoms with Crippen LogP contribution in [0.4, 0.5) is 13.2 Å². The fraction of sp³-hybridized carbons (Fsp3) is 0.208. The zero-order valence-electron chi connectivity index (χ0n) is 16.5. The quantitative estimate of drug-likeness (QED) is 0.358. The minimum absolute atomic E-state index is 0.0234. The maximum absolute atomic E-state index is 13.8. The van der Waals surface area contributed by atoms with Crippen molar-refractivity contribution >= 4 is 5.65 Å². The number of fused-ring (bicyclic) bond motifs is 1. The number of imidazole rings is 1. The lowest BCUT2D eigenvalue weighted by Crippen LogP contribution is -2.10. The highest BCUT2D eigenvalue weighted by atomic mass is 19.4. The third-order valence-electron chi connectivity index (χ3n) is 5.06. The minimum Gasteiger partial charge on any atom is -0.299 e. The zero-order chi connectivity index (χ0) is 20.8. The Kier molecular flexibility index (Phi) is 4.49. The molecule has 0 saturated heterocycles. The summed E-state index contributed by atoms with van der Waals surface area (Å²) >= 11 is 0. The van der Waals surface area contributed by atoms with Crippen molar-refractivity contribution < 1.29 is 13.2 Å². The monoisotopic (exact) mass is 394 g/mol. The molecule has 148 valence electrons. The van der Waals surface area contributed by atoms with Gasteiger partial charge in [-0.05, 0) is 28.2 Å². The minimum atomic E-state index is -4.50. The van der Waals surface area contributed by atoms with Crippen molar-refractivity contribution in [2.75, 3.05) is 0 Å². The van der Waals surface area contributed by atoms with Gasteiger partial charge in [0.2, 0.25) is 0 Å². The topological polar surface area (TPSA) is 17.3 Å². The van der Waals surface area contributed by atoms with E-state index < -0.39 is 11.7 Å². The second-order valence-electron chi connectivity index (χ2n) is 8.17. The molecule has 2 aromatic heterocycles. The van der Waals surface area contributed by atoms with E-state index in [4.69, 9.17) is 0 Å². The van der Waals surface area contributed by atoms with Crippen molar-refractivity contribution in [2.24, 2.45) is 0 Å². The molecule has 2 heterocycles. The lowest BCUT2D eigenvalue weighted by molar-refractivity contribution is -0.136. The van der Waals surface area contributed by atoms with Gasteiger partial charge in [0, 0.05) is 11.8 Å². The van der Waals surface area contributed by atoms with Gasteiger partial charge in [-0.15, -0.1) is 0 Å². The van der Waals surface area contributed by atoms with Crippen LogP contribution in [0.15, 0.2) is 73.1 Å². The van der Waals surface area contributed by atoms with Crippen LogP contribution in [0.2, 0.25) is 0 Å². The van der Waals surface area contributed by atoms with Crippen LogP contribution in [0.3, 0.4) is 0 Å². The number of benzene rings is 2. The Morgan fingerprint density at radius 2 is 1.45 bits per heavy atom. The smallest absolute Gasteiger partial charge is 0.299 e. The maximum Gasteiger partial charge on any atom is 0.420 e. The Morgan fingerprint density at radius 1 is 0.793 bits per heavy atom. The van der Waals surface area contributed by atoms with Gasteiger partial charge in [-0.1, -0.05) is 75.4 Å². The van der Waals surface area contributed by atoms with Crippen molar-refractivity contribution in [3.63, 3.8) is 0 Å². The molecule has 29 heavy (non-hydrogen) atoms. The highest BCUT2D eigenvalue weighted by Gasteiger charge is 2.35. The average molecular weight is 394 g/mol. The predicted octanol–water partition coefficient (Wildman–Crippen LogP) is 6.98. The SMILES string of the molecule is CC(C)(C)c1ccc(-c2cc(C(F)(F)F)c3ncc(-c4ccccc4)n3c2)cc1. The van der Waals surface area contributed by atoms with Crippen molar-refractivity contribution in [1.82, 2.24) is 9.38 Å². The first-order chi connectivity index (χ1) is 13.6. The van der Waals surface area contributed by atoms with Crippen LogP contribution in [0.5, 0.6) is 0 Å². The summed E-state index contributed by atoms with van der Waals surface area (Å²) in [6, 6.07) is 18.2. The van der Waals surface area contributed by atoms with E-state index in [1.54, 1.807) is 6.20 Å². The van der Waals surface area contributed by atoms with E-state index in [9.17, 15) is 13.2 Å². The second-order valence-corrected chi connectivity index (χ2v) is 8.17. The second kappa shape index (κ2) is 6.76. The van der Waals surface area contributed by atoms with E-state index in [1.165, 1.54) is 16.7 Å². The molecule has 0 atom stereocenters. The van der Waals surface area contributed by atoms with E-state index in [2.05, 4.69) is 25.8 Å². The number of aromatic nitrogens is 2. The molecule has 0 spiro atoms. The highest BCUT2D eigenvalue weighted by molar-refractivity contribution is 5.72. The molecule has 0 radical (unpaired) electrons. The first-order valence-electron chi connectivity index (χ1n) is 9.39. The van der Waals surface area contributed by atoms with E-state index in [0.29, 0.717) is 11.3 Å². The third kappa shape index (κ3) is 3.65. The highest BCUT2D eigenvalue weighted by Crippen LogP contribution is 2.37. The molecule has 2 nitrogen and oxygen atoms in total. The largest absolute Gasteiger partial charge is 0.420 e. The lowest BCUT2D eigenvalue weighted by atomic mass is 9.86. The molecule has 5 heteroatoms. The number of nitrogens with zero attached hydrogens (tertiary/aromatic N) is 2. The molecular weight excluding hydrogens is 373 g/mol. The van der Waals surface area contributed by atoms with Gasteiger partial charge in [0.25, 0.3) is 0 Å². The van der Waals surface area contributed by atoms with E-state index in [0.717, 1.165) is 16.7 Å². The number of pyridine rings is 1. The van der Waals surface area contributed by atoms with Gasteiger partial charge >= 0.3 is 6.18 Å². The molecule has 0 saturated carbocycles. The van der Waals surface area contributed by atoms with E-state index in [1.807, 2.05) is 54.6 Å². The number of alkyl halides is 3. The molecule has 0 amide bonds. The summed E-state index contributed by atoms with van der Waals surface area (Å²) in [4.78, 5) is 4.09. The Morgan fingerprint density at radius 3 is 2.03 bits per heavy atom. The summed E-state index contributed by atoms with van der Waals surface area (Å²) in [5, 5.41) is 0. The lowest BCUT2D eigenvalue weighted by Gasteiger charge is -2.19. The molecular formula is C24H21F3N2. The van der Waals surface area contributed by atoms with Crippen LogP contribution in [0.25, 0.3) is 28.0 Å². The van der Waals surface area contributed by atoms with Crippen LogP contribution in [-0.4, -0.2) is 9.38 Å². The third-order valence-corrected chi connectivity index (χ3v) is 5.06. The molecule has 4 rings (SSSR count). The molecule has 0 unspecified atom stereocenters. The van der Waals surface area contributed by atoms with Crippen LogP contribution < -0.4 is 0 Å². The van der Waals surface area contributed by atoms with Gasteiger partial charge in [0.1, 0.15) is 5.65 Å². The van der Waals surface area contributed by atoms with Gasteiger partial charge in [0.15, 0.2) is 0 Å². The van der Waals surface area contributed by atoms with Gasteiger partial charge in [-0.3, -0.25) is 4.40 Å². The number of halogens is 3. The summed E-state index contributed by atoms with van der Waals surface area (Å²) in [7, 11) is 0. The molecule has 4 aromatic rings. The normalized spacial score (nSPS) is 12.5. The summed E-state index contributed by atoms with van der Waals surface area (Å²) in [6.07, 6.45) is -1.28. The van der Waals surface area contributed by atoms with Gasteiger partial charge in [-0.2, -0.15) is 13.2 Å². The first kappa shape index (κ1) is 19.2. The fourth-order valence-corrected chi connectivity index (χ4v) is 3.44. The first-order valence-corrected chi connectivity index (χ1v) is 9.39. The van der Waals surface area contributed by atoms with Gasteiger partial charge in [-0.25, -0.2) is 4.98 Å². The fourth-order valence-electron chi connectivity index (χ4n) is 3.44. The number of hydrogen-bond donors (Lipinski definition) is 0. The van der Waals surface area contributed by atoms with Crippen molar-refractivity contribution in [1.29, 1.82) is 0 Å². The molecule has 0 bridgehead atoms. The van der Waals surface area contributed by atoms with Crippen molar-refractivity contribution in [2.45, 2.75) is 32.4 Å². The number of hydrogen-bond acceptors (Lipinski definition) is 1. The summed E-state index contributed by atoms with van der Waals surface area (Å²) in [6.45, 7) is 6.31. The van der Waals surface area contributed by atoms with Crippen molar-refractivity contribution in [3.05, 3.63) is 84.2 Å². The summed E-state index contributed by atoms with van der Waals surface area (Å²) in [5.41, 5.74) is 2.95. The Labute approximate surface area is 167 Å². The molecule has 0 fully saturated rings. The van der Waals surface area contributed by atoms with E-state index >= 15 is 0 Å². The summed E-state index contributed by atoms with van der Waals surface area (Å²) < 4.78 is 42.9. The number of rotatable bonds is 2. The molecule has 0 aliphatic heterocycles. The van der Waals surface area contributed by atoms with Crippen LogP contribution in [0.1, 0.15) is 31.9 Å². The van der Waals surface area contributed by atoms with Crippen LogP contribution in [-0.2, 0) is 11.6 Å². The average Bonchev–Trinajstić information content (AvgIpc) is 3.10. The maximum atomic E-state index is 13.8. The molecule has 0 N–H and O–H groups in total.